The monoisotopic (exact) mass is 337 g/mol. The van der Waals surface area contributed by atoms with Gasteiger partial charge in [-0.2, -0.15) is 0 Å². The van der Waals surface area contributed by atoms with Gasteiger partial charge in [-0.25, -0.2) is 0 Å². The van der Waals surface area contributed by atoms with Crippen LogP contribution < -0.4 is 0 Å². The molecule has 0 radical (unpaired) electrons. The average molecular weight is 338 g/mol. The van der Waals surface area contributed by atoms with E-state index in [4.69, 9.17) is 0 Å². The number of halogens is 1. The number of alkyl halides is 1. The van der Waals surface area contributed by atoms with Crippen LogP contribution in [-0.4, -0.2) is 23.3 Å². The summed E-state index contributed by atoms with van der Waals surface area (Å²) in [5.74, 6) is 0. The highest BCUT2D eigenvalue weighted by atomic mass is 79.9. The molecule has 1 heterocycles. The summed E-state index contributed by atoms with van der Waals surface area (Å²) in [5.41, 5.74) is 3.11. The predicted octanol–water partition coefficient (Wildman–Crippen LogP) is 5.17. The zero-order chi connectivity index (χ0) is 14.0. The lowest BCUT2D eigenvalue weighted by atomic mass is 9.99. The van der Waals surface area contributed by atoms with Crippen molar-refractivity contribution in [2.75, 3.05) is 18.4 Å². The SMILES string of the molecule is BrCCCCCCCCCN1CCc2ccccc2C1. The van der Waals surface area contributed by atoms with Crippen molar-refractivity contribution in [3.63, 3.8) is 0 Å². The van der Waals surface area contributed by atoms with Crippen LogP contribution in [0.2, 0.25) is 0 Å². The third-order valence-corrected chi connectivity index (χ3v) is 4.88. The fourth-order valence-corrected chi connectivity index (χ4v) is 3.46. The first-order valence-electron chi connectivity index (χ1n) is 8.25. The van der Waals surface area contributed by atoms with Gasteiger partial charge in [0.1, 0.15) is 0 Å². The molecule has 1 aromatic carbocycles. The largest absolute Gasteiger partial charge is 0.299 e. The Morgan fingerprint density at radius 2 is 1.50 bits per heavy atom. The molecule has 1 nitrogen and oxygen atoms in total. The fourth-order valence-electron chi connectivity index (χ4n) is 3.06. The van der Waals surface area contributed by atoms with E-state index in [1.165, 1.54) is 76.3 Å². The summed E-state index contributed by atoms with van der Waals surface area (Å²) in [6, 6.07) is 8.93. The third-order valence-electron chi connectivity index (χ3n) is 4.32. The van der Waals surface area contributed by atoms with E-state index in [1.807, 2.05) is 0 Å². The van der Waals surface area contributed by atoms with Gasteiger partial charge in [-0.05, 0) is 36.9 Å². The average Bonchev–Trinajstić information content (AvgIpc) is 2.50. The summed E-state index contributed by atoms with van der Waals surface area (Å²) >= 11 is 3.49. The van der Waals surface area contributed by atoms with E-state index in [1.54, 1.807) is 11.1 Å². The zero-order valence-corrected chi connectivity index (χ0v) is 14.2. The van der Waals surface area contributed by atoms with Gasteiger partial charge in [-0.15, -0.1) is 0 Å². The fraction of sp³-hybridized carbons (Fsp3) is 0.667. The number of rotatable bonds is 9. The molecule has 0 aliphatic carbocycles. The van der Waals surface area contributed by atoms with Crippen molar-refractivity contribution in [3.05, 3.63) is 35.4 Å². The topological polar surface area (TPSA) is 3.24 Å². The smallest absolute Gasteiger partial charge is 0.0236 e. The Hall–Kier alpha value is -0.340. The van der Waals surface area contributed by atoms with E-state index in [9.17, 15) is 0 Å². The number of nitrogens with zero attached hydrogens (tertiary/aromatic N) is 1. The van der Waals surface area contributed by atoms with Gasteiger partial charge in [0.25, 0.3) is 0 Å². The molecule has 0 aromatic heterocycles. The maximum atomic E-state index is 3.49. The molecule has 0 spiro atoms. The van der Waals surface area contributed by atoms with E-state index in [-0.39, 0.29) is 0 Å². The lowest BCUT2D eigenvalue weighted by Crippen LogP contribution is -2.31. The van der Waals surface area contributed by atoms with E-state index in [0.29, 0.717) is 0 Å². The second-order valence-electron chi connectivity index (χ2n) is 5.96. The molecule has 0 unspecified atom stereocenters. The molecule has 1 aliphatic rings. The van der Waals surface area contributed by atoms with Gasteiger partial charge < -0.3 is 0 Å². The third kappa shape index (κ3) is 5.57. The van der Waals surface area contributed by atoms with Crippen LogP contribution in [0.15, 0.2) is 24.3 Å². The van der Waals surface area contributed by atoms with Crippen molar-refractivity contribution in [1.29, 1.82) is 0 Å². The molecular weight excluding hydrogens is 310 g/mol. The summed E-state index contributed by atoms with van der Waals surface area (Å²) in [4.78, 5) is 2.63. The van der Waals surface area contributed by atoms with Crippen molar-refractivity contribution in [1.82, 2.24) is 4.90 Å². The standard InChI is InChI=1S/C18H28BrN/c19-13-8-4-2-1-3-5-9-14-20-15-12-17-10-6-7-11-18(17)16-20/h6-7,10-11H,1-5,8-9,12-16H2. The van der Waals surface area contributed by atoms with Gasteiger partial charge >= 0.3 is 0 Å². The number of benzene rings is 1. The van der Waals surface area contributed by atoms with E-state index in [0.717, 1.165) is 0 Å². The van der Waals surface area contributed by atoms with Crippen LogP contribution in [0.5, 0.6) is 0 Å². The second kappa shape index (κ2) is 9.57. The van der Waals surface area contributed by atoms with Crippen molar-refractivity contribution >= 4 is 15.9 Å². The molecule has 2 heteroatoms. The highest BCUT2D eigenvalue weighted by molar-refractivity contribution is 9.09. The molecule has 0 atom stereocenters. The Bertz CT molecular complexity index is 377. The quantitative estimate of drug-likeness (QED) is 0.443. The van der Waals surface area contributed by atoms with Crippen molar-refractivity contribution in [2.24, 2.45) is 0 Å². The van der Waals surface area contributed by atoms with Crippen LogP contribution in [-0.2, 0) is 13.0 Å². The minimum Gasteiger partial charge on any atom is -0.299 e. The molecular formula is C18H28BrN. The minimum absolute atomic E-state index is 1.17. The summed E-state index contributed by atoms with van der Waals surface area (Å²) in [6.45, 7) is 3.71. The van der Waals surface area contributed by atoms with Gasteiger partial charge in [0, 0.05) is 18.4 Å². The van der Waals surface area contributed by atoms with E-state index in [2.05, 4.69) is 45.1 Å². The summed E-state index contributed by atoms with van der Waals surface area (Å²) in [7, 11) is 0. The van der Waals surface area contributed by atoms with Gasteiger partial charge in [0.2, 0.25) is 0 Å². The van der Waals surface area contributed by atoms with Crippen molar-refractivity contribution in [2.45, 2.75) is 57.9 Å². The highest BCUT2D eigenvalue weighted by Crippen LogP contribution is 2.19. The van der Waals surface area contributed by atoms with Crippen LogP contribution in [0.3, 0.4) is 0 Å². The van der Waals surface area contributed by atoms with Gasteiger partial charge in [-0.3, -0.25) is 4.90 Å². The van der Waals surface area contributed by atoms with Crippen molar-refractivity contribution < 1.29 is 0 Å². The molecule has 112 valence electrons. The first kappa shape index (κ1) is 16.0. The maximum absolute atomic E-state index is 3.49. The highest BCUT2D eigenvalue weighted by Gasteiger charge is 2.14. The first-order chi connectivity index (χ1) is 9.90. The number of hydrogen-bond acceptors (Lipinski definition) is 1. The molecule has 1 aromatic rings. The Morgan fingerprint density at radius 1 is 0.850 bits per heavy atom. The molecule has 20 heavy (non-hydrogen) atoms. The van der Waals surface area contributed by atoms with Crippen LogP contribution in [0.25, 0.3) is 0 Å². The molecule has 0 N–H and O–H groups in total. The van der Waals surface area contributed by atoms with Crippen LogP contribution in [0.4, 0.5) is 0 Å². The zero-order valence-electron chi connectivity index (χ0n) is 12.6. The van der Waals surface area contributed by atoms with Crippen LogP contribution in [0, 0.1) is 0 Å². The first-order valence-corrected chi connectivity index (χ1v) is 9.37. The molecule has 1 aliphatic heterocycles. The Labute approximate surface area is 132 Å². The minimum atomic E-state index is 1.17. The Balaban J connectivity index is 1.53. The second-order valence-corrected chi connectivity index (χ2v) is 6.75. The predicted molar refractivity (Wildman–Crippen MR) is 91.5 cm³/mol. The number of hydrogen-bond donors (Lipinski definition) is 0. The molecule has 0 bridgehead atoms. The molecule has 0 saturated carbocycles. The van der Waals surface area contributed by atoms with E-state index >= 15 is 0 Å². The Morgan fingerprint density at radius 3 is 2.25 bits per heavy atom. The summed E-state index contributed by atoms with van der Waals surface area (Å²) in [5, 5.41) is 1.17. The van der Waals surface area contributed by atoms with Crippen LogP contribution in [0.1, 0.15) is 56.1 Å². The van der Waals surface area contributed by atoms with Gasteiger partial charge in [-0.1, -0.05) is 72.3 Å². The van der Waals surface area contributed by atoms with E-state index < -0.39 is 0 Å². The number of fused-ring (bicyclic) bond motifs is 1. The molecule has 0 amide bonds. The van der Waals surface area contributed by atoms with Crippen LogP contribution >= 0.6 is 15.9 Å². The summed E-state index contributed by atoms with van der Waals surface area (Å²) < 4.78 is 0. The molecule has 2 rings (SSSR count). The van der Waals surface area contributed by atoms with Crippen molar-refractivity contribution in [3.8, 4) is 0 Å². The van der Waals surface area contributed by atoms with Gasteiger partial charge in [0.05, 0.1) is 0 Å². The lowest BCUT2D eigenvalue weighted by Gasteiger charge is -2.28. The Kier molecular flexibility index (Phi) is 7.67. The maximum Gasteiger partial charge on any atom is 0.0236 e. The lowest BCUT2D eigenvalue weighted by molar-refractivity contribution is 0.248. The van der Waals surface area contributed by atoms with Gasteiger partial charge in [0.15, 0.2) is 0 Å². The molecule has 0 saturated heterocycles. The normalized spacial score (nSPS) is 15.2. The number of unbranched alkanes of at least 4 members (excludes halogenated alkanes) is 6. The summed E-state index contributed by atoms with van der Waals surface area (Å²) in [6.07, 6.45) is 11.0. The molecule has 0 fully saturated rings.